The molecule has 1 saturated heterocycles. The van der Waals surface area contributed by atoms with E-state index in [0.717, 1.165) is 18.4 Å². The second-order valence-corrected chi connectivity index (χ2v) is 5.06. The first kappa shape index (κ1) is 14.2. The van der Waals surface area contributed by atoms with Crippen LogP contribution in [0.2, 0.25) is 0 Å². The Morgan fingerprint density at radius 2 is 2.21 bits per heavy atom. The van der Waals surface area contributed by atoms with E-state index in [-0.39, 0.29) is 18.7 Å². The van der Waals surface area contributed by atoms with Gasteiger partial charge < -0.3 is 14.7 Å². The summed E-state index contributed by atoms with van der Waals surface area (Å²) in [7, 11) is 0. The predicted octanol–water partition coefficient (Wildman–Crippen LogP) is 2.08. The van der Waals surface area contributed by atoms with Gasteiger partial charge in [-0.25, -0.2) is 4.79 Å². The molecule has 1 fully saturated rings. The van der Waals surface area contributed by atoms with E-state index >= 15 is 0 Å². The maximum Gasteiger partial charge on any atom is 0.410 e. The molecule has 1 aliphatic rings. The summed E-state index contributed by atoms with van der Waals surface area (Å²) in [4.78, 5) is 13.6. The van der Waals surface area contributed by atoms with E-state index < -0.39 is 6.10 Å². The van der Waals surface area contributed by atoms with E-state index in [1.165, 1.54) is 0 Å². The maximum absolute atomic E-state index is 12.0. The Kier molecular flexibility index (Phi) is 5.10. The number of rotatable bonds is 4. The molecular weight excluding hydrogens is 262 g/mol. The van der Waals surface area contributed by atoms with Gasteiger partial charge in [-0.05, 0) is 18.4 Å². The van der Waals surface area contributed by atoms with Gasteiger partial charge in [-0.15, -0.1) is 0 Å². The van der Waals surface area contributed by atoms with Crippen molar-refractivity contribution in [1.82, 2.24) is 4.90 Å². The Balaban J connectivity index is 1.89. The second-order valence-electron chi connectivity index (χ2n) is 4.69. The van der Waals surface area contributed by atoms with Crippen LogP contribution in [0.15, 0.2) is 30.3 Å². The van der Waals surface area contributed by atoms with Crippen molar-refractivity contribution in [3.63, 3.8) is 0 Å². The number of aliphatic hydroxyl groups is 1. The lowest BCUT2D eigenvalue weighted by molar-refractivity contribution is 0.0569. The number of benzene rings is 1. The monoisotopic (exact) mass is 281 g/mol. The molecule has 0 aromatic heterocycles. The van der Waals surface area contributed by atoms with Crippen molar-refractivity contribution in [2.75, 3.05) is 12.3 Å². The van der Waals surface area contributed by atoms with E-state index in [9.17, 15) is 9.90 Å². The third kappa shape index (κ3) is 3.64. The molecule has 1 amide bonds. The van der Waals surface area contributed by atoms with E-state index in [2.05, 4.69) is 12.6 Å². The quantitative estimate of drug-likeness (QED) is 0.831. The molecule has 4 nitrogen and oxygen atoms in total. The van der Waals surface area contributed by atoms with Gasteiger partial charge in [0.15, 0.2) is 0 Å². The predicted molar refractivity (Wildman–Crippen MR) is 76.2 cm³/mol. The molecular formula is C14H19NO3S. The van der Waals surface area contributed by atoms with Crippen LogP contribution in [-0.2, 0) is 11.3 Å². The number of aliphatic hydroxyl groups excluding tert-OH is 1. The summed E-state index contributed by atoms with van der Waals surface area (Å²) in [6.07, 6.45) is 0.764. The molecule has 1 N–H and O–H groups in total. The maximum atomic E-state index is 12.0. The first-order valence-electron chi connectivity index (χ1n) is 6.48. The zero-order chi connectivity index (χ0) is 13.7. The third-order valence-electron chi connectivity index (χ3n) is 3.37. The molecule has 0 spiro atoms. The summed E-state index contributed by atoms with van der Waals surface area (Å²) in [5.74, 6) is 0.354. The average Bonchev–Trinajstić information content (AvgIpc) is 2.94. The van der Waals surface area contributed by atoms with Crippen molar-refractivity contribution < 1.29 is 14.6 Å². The van der Waals surface area contributed by atoms with Gasteiger partial charge >= 0.3 is 6.09 Å². The van der Waals surface area contributed by atoms with E-state index in [1.54, 1.807) is 4.90 Å². The van der Waals surface area contributed by atoms with Crippen molar-refractivity contribution in [2.45, 2.75) is 31.6 Å². The van der Waals surface area contributed by atoms with Crippen LogP contribution in [0.1, 0.15) is 18.4 Å². The van der Waals surface area contributed by atoms with Crippen molar-refractivity contribution in [3.8, 4) is 0 Å². The fraction of sp³-hybridized carbons (Fsp3) is 0.500. The van der Waals surface area contributed by atoms with Crippen molar-refractivity contribution in [3.05, 3.63) is 35.9 Å². The first-order valence-corrected chi connectivity index (χ1v) is 7.12. The Morgan fingerprint density at radius 3 is 2.89 bits per heavy atom. The zero-order valence-corrected chi connectivity index (χ0v) is 11.6. The third-order valence-corrected chi connectivity index (χ3v) is 3.74. The van der Waals surface area contributed by atoms with Gasteiger partial charge in [0.2, 0.25) is 0 Å². The number of thiol groups is 1. The van der Waals surface area contributed by atoms with Crippen molar-refractivity contribution in [2.24, 2.45) is 0 Å². The Morgan fingerprint density at radius 1 is 1.47 bits per heavy atom. The minimum Gasteiger partial charge on any atom is -0.445 e. The molecule has 1 aliphatic heterocycles. The molecule has 104 valence electrons. The summed E-state index contributed by atoms with van der Waals surface area (Å²) in [5, 5.41) is 9.84. The minimum absolute atomic E-state index is 0.166. The fourth-order valence-electron chi connectivity index (χ4n) is 2.34. The highest BCUT2D eigenvalue weighted by Gasteiger charge is 2.34. The number of amides is 1. The zero-order valence-electron chi connectivity index (χ0n) is 10.7. The number of carbonyl (C=O) groups is 1. The highest BCUT2D eigenvalue weighted by molar-refractivity contribution is 7.80. The standard InChI is InChI=1S/C14H19NO3S/c16-13(10-19)12-7-4-8-15(12)14(17)18-9-11-5-2-1-3-6-11/h1-3,5-6,12-13,16,19H,4,7-10H2/t12-,13+/m1/s1. The molecule has 0 radical (unpaired) electrons. The molecule has 0 bridgehead atoms. The molecule has 5 heteroatoms. The van der Waals surface area contributed by atoms with E-state index in [4.69, 9.17) is 4.74 Å². The van der Waals surface area contributed by atoms with E-state index in [0.29, 0.717) is 12.3 Å². The van der Waals surface area contributed by atoms with Crippen LogP contribution in [0, 0.1) is 0 Å². The number of hydrogen-bond donors (Lipinski definition) is 2. The number of likely N-dealkylation sites (tertiary alicyclic amines) is 1. The fourth-order valence-corrected chi connectivity index (χ4v) is 2.59. The summed E-state index contributed by atoms with van der Waals surface area (Å²) in [6, 6.07) is 9.40. The minimum atomic E-state index is -0.588. The van der Waals surface area contributed by atoms with Gasteiger partial charge in [0.1, 0.15) is 6.61 Å². The molecule has 2 atom stereocenters. The van der Waals surface area contributed by atoms with Gasteiger partial charge in [-0.2, -0.15) is 12.6 Å². The number of carbonyl (C=O) groups excluding carboxylic acids is 1. The lowest BCUT2D eigenvalue weighted by atomic mass is 10.1. The van der Waals surface area contributed by atoms with Crippen LogP contribution < -0.4 is 0 Å². The first-order chi connectivity index (χ1) is 9.22. The molecule has 19 heavy (non-hydrogen) atoms. The molecule has 1 heterocycles. The number of hydrogen-bond acceptors (Lipinski definition) is 4. The van der Waals surface area contributed by atoms with Crippen LogP contribution in [0.3, 0.4) is 0 Å². The largest absolute Gasteiger partial charge is 0.445 e. The topological polar surface area (TPSA) is 49.8 Å². The molecule has 1 aromatic carbocycles. The molecule has 1 aromatic rings. The Labute approximate surface area is 118 Å². The van der Waals surface area contributed by atoms with Crippen LogP contribution in [0.25, 0.3) is 0 Å². The molecule has 0 aliphatic carbocycles. The van der Waals surface area contributed by atoms with E-state index in [1.807, 2.05) is 30.3 Å². The van der Waals surface area contributed by atoms with Crippen molar-refractivity contribution in [1.29, 1.82) is 0 Å². The van der Waals surface area contributed by atoms with Crippen LogP contribution in [0.5, 0.6) is 0 Å². The highest BCUT2D eigenvalue weighted by Crippen LogP contribution is 2.22. The lowest BCUT2D eigenvalue weighted by Gasteiger charge is -2.27. The van der Waals surface area contributed by atoms with Gasteiger partial charge in [-0.1, -0.05) is 30.3 Å². The Bertz CT molecular complexity index is 412. The SMILES string of the molecule is O=C(OCc1ccccc1)N1CCC[C@@H]1[C@@H](O)CS. The van der Waals surface area contributed by atoms with Gasteiger partial charge in [0, 0.05) is 12.3 Å². The van der Waals surface area contributed by atoms with Crippen LogP contribution in [-0.4, -0.2) is 40.5 Å². The molecule has 0 unspecified atom stereocenters. The van der Waals surface area contributed by atoms with Crippen molar-refractivity contribution >= 4 is 18.7 Å². The van der Waals surface area contributed by atoms with Gasteiger partial charge in [0.25, 0.3) is 0 Å². The van der Waals surface area contributed by atoms with Gasteiger partial charge in [-0.3, -0.25) is 0 Å². The summed E-state index contributed by atoms with van der Waals surface area (Å²) < 4.78 is 5.29. The molecule has 0 saturated carbocycles. The number of ether oxygens (including phenoxy) is 1. The smallest absolute Gasteiger partial charge is 0.410 e. The average molecular weight is 281 g/mol. The summed E-state index contributed by atoms with van der Waals surface area (Å²) in [5.41, 5.74) is 0.960. The summed E-state index contributed by atoms with van der Waals surface area (Å²) in [6.45, 7) is 0.906. The van der Waals surface area contributed by atoms with Gasteiger partial charge in [0.05, 0.1) is 12.1 Å². The second kappa shape index (κ2) is 6.82. The van der Waals surface area contributed by atoms with Crippen LogP contribution >= 0.6 is 12.6 Å². The Hall–Kier alpha value is -1.20. The molecule has 2 rings (SSSR count). The normalized spacial score (nSPS) is 20.3. The van der Waals surface area contributed by atoms with Crippen LogP contribution in [0.4, 0.5) is 4.79 Å². The summed E-state index contributed by atoms with van der Waals surface area (Å²) >= 11 is 4.08. The highest BCUT2D eigenvalue weighted by atomic mass is 32.1. The lowest BCUT2D eigenvalue weighted by Crippen LogP contribution is -2.43. The number of nitrogens with zero attached hydrogens (tertiary/aromatic N) is 1.